The van der Waals surface area contributed by atoms with E-state index in [0.717, 1.165) is 17.0 Å². The third-order valence-electron chi connectivity index (χ3n) is 4.01. The highest BCUT2D eigenvalue weighted by molar-refractivity contribution is 6.06. The molecule has 1 aromatic heterocycles. The number of hydrogen-bond donors (Lipinski definition) is 4. The first kappa shape index (κ1) is 19.1. The van der Waals surface area contributed by atoms with E-state index in [1.54, 1.807) is 18.2 Å². The number of nitrogen functional groups attached to an aromatic ring is 1. The molecule has 6 N–H and O–H groups in total. The van der Waals surface area contributed by atoms with Crippen LogP contribution in [0.1, 0.15) is 16.1 Å². The number of halogens is 3. The van der Waals surface area contributed by atoms with Gasteiger partial charge < -0.3 is 21.2 Å². The number of rotatable bonds is 3. The van der Waals surface area contributed by atoms with Crippen molar-refractivity contribution in [2.75, 3.05) is 12.8 Å². The van der Waals surface area contributed by atoms with Crippen LogP contribution in [-0.2, 0) is 6.18 Å². The van der Waals surface area contributed by atoms with E-state index in [1.165, 1.54) is 19.2 Å². The number of nitrogens with zero attached hydrogens (tertiary/aromatic N) is 1. The molecule has 28 heavy (non-hydrogen) atoms. The Hall–Kier alpha value is -3.69. The highest BCUT2D eigenvalue weighted by atomic mass is 19.4. The van der Waals surface area contributed by atoms with E-state index < -0.39 is 23.6 Å². The summed E-state index contributed by atoms with van der Waals surface area (Å²) >= 11 is 0. The van der Waals surface area contributed by atoms with Crippen LogP contribution in [-0.4, -0.2) is 28.8 Å². The lowest BCUT2D eigenvalue weighted by atomic mass is 10.1. The molecule has 10 heteroatoms. The molecule has 0 aliphatic carbocycles. The maximum Gasteiger partial charge on any atom is 0.417 e. The smallest absolute Gasteiger partial charge is 0.417 e. The van der Waals surface area contributed by atoms with E-state index in [0.29, 0.717) is 5.69 Å². The molecule has 7 nitrogen and oxygen atoms in total. The Labute approximate surface area is 157 Å². The highest BCUT2D eigenvalue weighted by Crippen LogP contribution is 2.39. The molecule has 0 radical (unpaired) electrons. The summed E-state index contributed by atoms with van der Waals surface area (Å²) in [5.74, 6) is -1.08. The Morgan fingerprint density at radius 3 is 2.50 bits per heavy atom. The van der Waals surface area contributed by atoms with Crippen molar-refractivity contribution in [1.29, 1.82) is 5.41 Å². The lowest BCUT2D eigenvalue weighted by molar-refractivity contribution is -0.136. The molecule has 146 valence electrons. The molecule has 0 fully saturated rings. The summed E-state index contributed by atoms with van der Waals surface area (Å²) in [5.41, 5.74) is 10.3. The second kappa shape index (κ2) is 6.80. The minimum absolute atomic E-state index is 0.0500. The van der Waals surface area contributed by atoms with Crippen molar-refractivity contribution in [2.45, 2.75) is 6.18 Å². The summed E-state index contributed by atoms with van der Waals surface area (Å²) in [7, 11) is 1.25. The van der Waals surface area contributed by atoms with Crippen LogP contribution in [0, 0.1) is 5.41 Å². The SMILES string of the molecule is CN(C(=N)N)C(=O)c1cc2c(C(F)(F)F)cc(Oc3cccc(N)c3)cc2[nH]1. The fraction of sp³-hybridized carbons (Fsp3) is 0.111. The second-order valence-corrected chi connectivity index (χ2v) is 6.04. The van der Waals surface area contributed by atoms with Crippen molar-refractivity contribution < 1.29 is 22.7 Å². The lowest BCUT2D eigenvalue weighted by Crippen LogP contribution is -2.38. The standard InChI is InChI=1S/C18H16F3N5O2/c1-26(17(23)24)16(27)15-8-12-13(18(19,20)21)6-11(7-14(12)25-15)28-10-4-2-3-9(22)5-10/h2-8,25H,22H2,1H3,(H3,23,24). The van der Waals surface area contributed by atoms with Crippen molar-refractivity contribution in [3.8, 4) is 11.5 Å². The van der Waals surface area contributed by atoms with Crippen LogP contribution < -0.4 is 16.2 Å². The third kappa shape index (κ3) is 3.70. The zero-order valence-electron chi connectivity index (χ0n) is 14.6. The number of carbonyl (C=O) groups excluding carboxylic acids is 1. The number of amides is 1. The molecule has 0 aliphatic rings. The summed E-state index contributed by atoms with van der Waals surface area (Å²) in [4.78, 5) is 15.7. The largest absolute Gasteiger partial charge is 0.457 e. The van der Waals surface area contributed by atoms with E-state index >= 15 is 0 Å². The van der Waals surface area contributed by atoms with E-state index in [9.17, 15) is 18.0 Å². The van der Waals surface area contributed by atoms with E-state index in [1.807, 2.05) is 0 Å². The molecular weight excluding hydrogens is 375 g/mol. The molecule has 1 amide bonds. The van der Waals surface area contributed by atoms with Gasteiger partial charge in [0.25, 0.3) is 5.91 Å². The maximum absolute atomic E-state index is 13.6. The van der Waals surface area contributed by atoms with Gasteiger partial charge in [-0.15, -0.1) is 0 Å². The number of anilines is 1. The minimum atomic E-state index is -4.68. The maximum atomic E-state index is 13.6. The fourth-order valence-electron chi connectivity index (χ4n) is 2.62. The van der Waals surface area contributed by atoms with Gasteiger partial charge in [-0.1, -0.05) is 6.07 Å². The van der Waals surface area contributed by atoms with Crippen molar-refractivity contribution in [2.24, 2.45) is 5.73 Å². The number of nitrogens with one attached hydrogen (secondary N) is 2. The number of alkyl halides is 3. The van der Waals surface area contributed by atoms with Gasteiger partial charge in [0.15, 0.2) is 5.96 Å². The van der Waals surface area contributed by atoms with Crippen molar-refractivity contribution in [3.05, 3.63) is 53.7 Å². The molecule has 1 heterocycles. The van der Waals surface area contributed by atoms with Crippen molar-refractivity contribution in [1.82, 2.24) is 9.88 Å². The number of aromatic amines is 1. The number of H-pyrrole nitrogens is 1. The monoisotopic (exact) mass is 391 g/mol. The zero-order valence-corrected chi connectivity index (χ0v) is 14.6. The van der Waals surface area contributed by atoms with Gasteiger partial charge >= 0.3 is 6.18 Å². The summed E-state index contributed by atoms with van der Waals surface area (Å²) in [5, 5.41) is 7.09. The number of fused-ring (bicyclic) bond motifs is 1. The average molecular weight is 391 g/mol. The van der Waals surface area contributed by atoms with Crippen LogP contribution in [0.25, 0.3) is 10.9 Å². The van der Waals surface area contributed by atoms with Gasteiger partial charge in [-0.25, -0.2) is 0 Å². The number of aromatic nitrogens is 1. The molecule has 0 bridgehead atoms. The fourth-order valence-corrected chi connectivity index (χ4v) is 2.62. The van der Waals surface area contributed by atoms with Gasteiger partial charge in [0, 0.05) is 30.3 Å². The molecule has 0 spiro atoms. The molecule has 0 atom stereocenters. The molecule has 0 saturated heterocycles. The van der Waals surface area contributed by atoms with E-state index in [2.05, 4.69) is 4.98 Å². The zero-order chi connectivity index (χ0) is 20.6. The normalized spacial score (nSPS) is 11.4. The van der Waals surface area contributed by atoms with Crippen molar-refractivity contribution in [3.63, 3.8) is 0 Å². The number of ether oxygens (including phenoxy) is 1. The van der Waals surface area contributed by atoms with Gasteiger partial charge in [0.05, 0.1) is 11.1 Å². The lowest BCUT2D eigenvalue weighted by Gasteiger charge is -2.12. The van der Waals surface area contributed by atoms with Crippen LogP contribution in [0.4, 0.5) is 18.9 Å². The van der Waals surface area contributed by atoms with Gasteiger partial charge in [0.2, 0.25) is 0 Å². The summed E-state index contributed by atoms with van der Waals surface area (Å²) < 4.78 is 46.2. The molecular formula is C18H16F3N5O2. The first-order valence-electron chi connectivity index (χ1n) is 7.95. The Morgan fingerprint density at radius 2 is 1.89 bits per heavy atom. The predicted octanol–water partition coefficient (Wildman–Crippen LogP) is 3.53. The van der Waals surface area contributed by atoms with E-state index in [4.69, 9.17) is 21.6 Å². The van der Waals surface area contributed by atoms with Crippen LogP contribution in [0.2, 0.25) is 0 Å². The topological polar surface area (TPSA) is 121 Å². The van der Waals surface area contributed by atoms with Gasteiger partial charge in [0.1, 0.15) is 17.2 Å². The minimum Gasteiger partial charge on any atom is -0.457 e. The molecule has 0 saturated carbocycles. The quantitative estimate of drug-likeness (QED) is 0.310. The van der Waals surface area contributed by atoms with Crippen LogP contribution in [0.15, 0.2) is 42.5 Å². The van der Waals surface area contributed by atoms with Crippen LogP contribution in [0.3, 0.4) is 0 Å². The first-order chi connectivity index (χ1) is 13.1. The van der Waals surface area contributed by atoms with Crippen LogP contribution in [0.5, 0.6) is 11.5 Å². The van der Waals surface area contributed by atoms with Gasteiger partial charge in [-0.2, -0.15) is 13.2 Å². The molecule has 0 aliphatic heterocycles. The van der Waals surface area contributed by atoms with E-state index in [-0.39, 0.29) is 28.1 Å². The predicted molar refractivity (Wildman–Crippen MR) is 98.2 cm³/mol. The summed E-state index contributed by atoms with van der Waals surface area (Å²) in [6.07, 6.45) is -4.68. The number of guanidine groups is 1. The Morgan fingerprint density at radius 1 is 1.18 bits per heavy atom. The molecule has 2 aromatic carbocycles. The number of nitrogens with two attached hydrogens (primary N) is 2. The van der Waals surface area contributed by atoms with Gasteiger partial charge in [-0.05, 0) is 24.3 Å². The molecule has 3 aromatic rings. The third-order valence-corrected chi connectivity index (χ3v) is 4.01. The van der Waals surface area contributed by atoms with Gasteiger partial charge in [-0.3, -0.25) is 15.1 Å². The number of carbonyl (C=O) groups is 1. The molecule has 0 unspecified atom stereocenters. The average Bonchev–Trinajstić information content (AvgIpc) is 3.02. The van der Waals surface area contributed by atoms with Crippen molar-refractivity contribution >= 4 is 28.5 Å². The Kier molecular flexibility index (Phi) is 4.63. The van der Waals surface area contributed by atoms with Crippen LogP contribution >= 0.6 is 0 Å². The first-order valence-corrected chi connectivity index (χ1v) is 7.95. The summed E-state index contributed by atoms with van der Waals surface area (Å²) in [6.45, 7) is 0. The second-order valence-electron chi connectivity index (χ2n) is 6.04. The number of hydrogen-bond acceptors (Lipinski definition) is 4. The Bertz CT molecular complexity index is 1070. The number of benzene rings is 2. The summed E-state index contributed by atoms with van der Waals surface area (Å²) in [6, 6.07) is 9.52. The Balaban J connectivity index is 2.10. The highest BCUT2D eigenvalue weighted by Gasteiger charge is 2.34. The molecule has 3 rings (SSSR count).